The second-order valence-corrected chi connectivity index (χ2v) is 23.8. The Kier molecular flexibility index (Phi) is 11.5. The molecule has 0 bridgehead atoms. The molecule has 4 nitrogen and oxygen atoms in total. The lowest BCUT2D eigenvalue weighted by atomic mass is 9.70. The molecule has 0 saturated heterocycles. The van der Waals surface area contributed by atoms with E-state index in [9.17, 15) is 0 Å². The first-order chi connectivity index (χ1) is 44.5. The van der Waals surface area contributed by atoms with Gasteiger partial charge in [-0.3, -0.25) is 0 Å². The van der Waals surface area contributed by atoms with Crippen LogP contribution >= 0.6 is 0 Å². The predicted octanol–water partition coefficient (Wildman–Crippen LogP) is 24.0. The lowest BCUT2D eigenvalue weighted by Crippen LogP contribution is -2.26. The van der Waals surface area contributed by atoms with Gasteiger partial charge in [0, 0.05) is 55.4 Å². The van der Waals surface area contributed by atoms with Crippen molar-refractivity contribution in [2.75, 3.05) is 9.80 Å². The summed E-state index contributed by atoms with van der Waals surface area (Å²) in [5.74, 6) is 0. The lowest BCUT2D eigenvalue weighted by molar-refractivity contribution is 0.668. The van der Waals surface area contributed by atoms with Crippen molar-refractivity contribution in [1.29, 1.82) is 0 Å². The van der Waals surface area contributed by atoms with Gasteiger partial charge in [-0.05, 0) is 180 Å². The number of furan rings is 2. The summed E-state index contributed by atoms with van der Waals surface area (Å²) in [4.78, 5) is 4.73. The van der Waals surface area contributed by atoms with Crippen LogP contribution < -0.4 is 9.80 Å². The fraction of sp³-hybridized carbons (Fsp3) is 0.0233. The van der Waals surface area contributed by atoms with Crippen LogP contribution in [0.2, 0.25) is 0 Å². The van der Waals surface area contributed by atoms with Gasteiger partial charge in [-0.15, -0.1) is 0 Å². The summed E-state index contributed by atoms with van der Waals surface area (Å²) in [6.07, 6.45) is 8.06. The molecule has 2 aliphatic rings. The van der Waals surface area contributed by atoms with E-state index in [2.05, 4.69) is 314 Å². The van der Waals surface area contributed by atoms with Gasteiger partial charge in [-0.2, -0.15) is 0 Å². The quantitative estimate of drug-likeness (QED) is 0.128. The highest BCUT2D eigenvalue weighted by Crippen LogP contribution is 2.65. The number of para-hydroxylation sites is 6. The van der Waals surface area contributed by atoms with Crippen molar-refractivity contribution in [3.8, 4) is 33.4 Å². The minimum absolute atomic E-state index is 0.660. The Labute approximate surface area is 521 Å². The summed E-state index contributed by atoms with van der Waals surface area (Å²) in [7, 11) is 0. The minimum atomic E-state index is -0.660. The fourth-order valence-electron chi connectivity index (χ4n) is 15.3. The SMILES string of the molecule is C=C/C=C(\C=C/C)c1cccc2c1oc1c(N(c3ccccc3)c3ccc4cc5c(cc4c3)C3(c4cc6cc(N(c7ccccc7)c7cccc8c7oc7c(-c9ccccc9)cccc78)ccc6cc4-5)c4ccccc4-c4c3ccc3ccccc43)cccc12. The first kappa shape index (κ1) is 51.5. The van der Waals surface area contributed by atoms with E-state index in [-0.39, 0.29) is 0 Å². The van der Waals surface area contributed by atoms with Gasteiger partial charge in [0.25, 0.3) is 0 Å². The van der Waals surface area contributed by atoms with Gasteiger partial charge >= 0.3 is 0 Å². The molecule has 0 N–H and O–H groups in total. The second-order valence-electron chi connectivity index (χ2n) is 23.8. The van der Waals surface area contributed by atoms with Gasteiger partial charge in [-0.25, -0.2) is 0 Å². The van der Waals surface area contributed by atoms with Crippen molar-refractivity contribution in [1.82, 2.24) is 0 Å². The van der Waals surface area contributed by atoms with Gasteiger partial charge in [0.15, 0.2) is 11.2 Å². The molecule has 16 aromatic rings. The van der Waals surface area contributed by atoms with E-state index < -0.39 is 5.41 Å². The molecular weight excluding hydrogens is 1090 g/mol. The van der Waals surface area contributed by atoms with Gasteiger partial charge in [0.05, 0.1) is 16.8 Å². The first-order valence-corrected chi connectivity index (χ1v) is 30.9. The maximum absolute atomic E-state index is 7.14. The van der Waals surface area contributed by atoms with Crippen LogP contribution in [-0.2, 0) is 5.41 Å². The molecule has 0 radical (unpaired) electrons. The van der Waals surface area contributed by atoms with Gasteiger partial charge in [0.2, 0.25) is 0 Å². The number of benzene rings is 14. The molecule has 0 fully saturated rings. The third kappa shape index (κ3) is 7.55. The van der Waals surface area contributed by atoms with E-state index in [0.717, 1.165) is 111 Å². The number of rotatable bonds is 10. The standard InChI is InChI=1S/C86H56N2O2/c1-3-22-54(23-4-2)66-33-18-35-68-70-37-20-40-79(84(70)89-82(66)68)87(61-27-10-6-11-28-61)63-45-42-57-50-73-74-51-58-43-46-64(88(62-29-12-7-13-30-62)80-41-21-38-71-69-36-19-34-67(83(69)90-85(71)80)55-24-8-5-9-25-55)49-60(58)53-78(74)86(77(73)52-59(57)48-63)75-39-17-16-32-72(75)81-65-31-15-14-26-56(65)44-47-76(81)86/h3-53H,1H2,2H3/b23-4-,54-22+. The Morgan fingerprint density at radius 3 is 1.48 bits per heavy atom. The molecule has 0 saturated carbocycles. The summed E-state index contributed by atoms with van der Waals surface area (Å²) in [6.45, 7) is 6.09. The zero-order valence-corrected chi connectivity index (χ0v) is 49.4. The van der Waals surface area contributed by atoms with E-state index in [0.29, 0.717) is 0 Å². The van der Waals surface area contributed by atoms with Crippen LogP contribution in [0.15, 0.2) is 325 Å². The normalized spacial score (nSPS) is 14.2. The minimum Gasteiger partial charge on any atom is -0.453 e. The Hall–Kier alpha value is -11.7. The van der Waals surface area contributed by atoms with E-state index in [1.54, 1.807) is 0 Å². The molecule has 2 aromatic heterocycles. The molecule has 422 valence electrons. The molecule has 14 aromatic carbocycles. The van der Waals surface area contributed by atoms with Crippen molar-refractivity contribution in [3.63, 3.8) is 0 Å². The van der Waals surface area contributed by atoms with E-state index in [1.807, 2.05) is 19.1 Å². The Bertz CT molecular complexity index is 5710. The van der Waals surface area contributed by atoms with Crippen LogP contribution in [0, 0.1) is 0 Å². The highest BCUT2D eigenvalue weighted by molar-refractivity contribution is 6.16. The van der Waals surface area contributed by atoms with Crippen molar-refractivity contribution >= 4 is 116 Å². The predicted molar refractivity (Wildman–Crippen MR) is 378 cm³/mol. The number of fused-ring (bicyclic) bond motifs is 20. The largest absolute Gasteiger partial charge is 0.453 e. The summed E-state index contributed by atoms with van der Waals surface area (Å²) in [5, 5.41) is 11.4. The highest BCUT2D eigenvalue weighted by Gasteiger charge is 2.52. The third-order valence-corrected chi connectivity index (χ3v) is 19.0. The molecule has 2 aliphatic carbocycles. The second kappa shape index (κ2) is 20.2. The molecule has 90 heavy (non-hydrogen) atoms. The van der Waals surface area contributed by atoms with Crippen LogP contribution in [0.3, 0.4) is 0 Å². The zero-order valence-electron chi connectivity index (χ0n) is 49.4. The van der Waals surface area contributed by atoms with Gasteiger partial charge < -0.3 is 18.6 Å². The Balaban J connectivity index is 0.851. The molecular formula is C86H56N2O2. The van der Waals surface area contributed by atoms with Crippen molar-refractivity contribution in [3.05, 3.63) is 344 Å². The van der Waals surface area contributed by atoms with E-state index in [4.69, 9.17) is 8.83 Å². The van der Waals surface area contributed by atoms with Crippen LogP contribution in [0.4, 0.5) is 34.1 Å². The number of anilines is 6. The van der Waals surface area contributed by atoms with Crippen molar-refractivity contribution in [2.45, 2.75) is 12.3 Å². The summed E-state index contributed by atoms with van der Waals surface area (Å²) in [5.41, 5.74) is 23.3. The fourth-order valence-corrected chi connectivity index (χ4v) is 15.3. The maximum atomic E-state index is 7.14. The molecule has 18 rings (SSSR count). The summed E-state index contributed by atoms with van der Waals surface area (Å²) >= 11 is 0. The smallest absolute Gasteiger partial charge is 0.159 e. The monoisotopic (exact) mass is 1150 g/mol. The molecule has 0 aliphatic heterocycles. The summed E-state index contributed by atoms with van der Waals surface area (Å²) < 4.78 is 14.3. The van der Waals surface area contributed by atoms with Gasteiger partial charge in [-0.1, -0.05) is 231 Å². The van der Waals surface area contributed by atoms with Crippen LogP contribution in [-0.4, -0.2) is 0 Å². The zero-order chi connectivity index (χ0) is 59.6. The summed E-state index contributed by atoms with van der Waals surface area (Å²) in [6, 6.07) is 105. The molecule has 1 spiro atoms. The molecule has 2 heterocycles. The van der Waals surface area contributed by atoms with Crippen LogP contribution in [0.25, 0.3) is 115 Å². The first-order valence-electron chi connectivity index (χ1n) is 30.9. The molecule has 1 unspecified atom stereocenters. The Morgan fingerprint density at radius 2 is 0.856 bits per heavy atom. The molecule has 1 atom stereocenters. The average Bonchev–Trinajstić information content (AvgIpc) is 1.50. The Morgan fingerprint density at radius 1 is 0.356 bits per heavy atom. The highest BCUT2D eigenvalue weighted by atomic mass is 16.3. The van der Waals surface area contributed by atoms with E-state index in [1.165, 1.54) is 66.1 Å². The lowest BCUT2D eigenvalue weighted by Gasteiger charge is -2.31. The van der Waals surface area contributed by atoms with Crippen LogP contribution in [0.5, 0.6) is 0 Å². The average molecular weight is 1150 g/mol. The number of hydrogen-bond donors (Lipinski definition) is 0. The van der Waals surface area contributed by atoms with Crippen molar-refractivity contribution in [2.24, 2.45) is 0 Å². The third-order valence-electron chi connectivity index (χ3n) is 19.0. The van der Waals surface area contributed by atoms with Crippen LogP contribution in [0.1, 0.15) is 34.7 Å². The van der Waals surface area contributed by atoms with Crippen molar-refractivity contribution < 1.29 is 8.83 Å². The molecule has 0 amide bonds. The van der Waals surface area contributed by atoms with Gasteiger partial charge in [0.1, 0.15) is 11.2 Å². The topological polar surface area (TPSA) is 32.8 Å². The number of nitrogens with zero attached hydrogens (tertiary/aromatic N) is 2. The number of allylic oxidation sites excluding steroid dienone is 5. The van der Waals surface area contributed by atoms with E-state index >= 15 is 0 Å². The molecule has 4 heteroatoms. The number of hydrogen-bond acceptors (Lipinski definition) is 4. The maximum Gasteiger partial charge on any atom is 0.159 e.